The lowest BCUT2D eigenvalue weighted by Gasteiger charge is -2.29. The number of nitriles is 1. The van der Waals surface area contributed by atoms with Gasteiger partial charge in [0, 0.05) is 13.7 Å². The zero-order valence-electron chi connectivity index (χ0n) is 25.1. The number of imidazole rings is 1. The van der Waals surface area contributed by atoms with E-state index >= 15 is 0 Å². The first kappa shape index (κ1) is 30.3. The molecule has 3 aliphatic rings. The van der Waals surface area contributed by atoms with Crippen LogP contribution in [0.15, 0.2) is 36.7 Å². The predicted octanol–water partition coefficient (Wildman–Crippen LogP) is 4.79. The third-order valence-corrected chi connectivity index (χ3v) is 10.3. The minimum Gasteiger partial charge on any atom is -0.475 e. The van der Waals surface area contributed by atoms with Gasteiger partial charge in [-0.3, -0.25) is 4.57 Å². The van der Waals surface area contributed by atoms with Gasteiger partial charge in [0.25, 0.3) is 8.53 Å². The maximum atomic E-state index is 8.95. The van der Waals surface area contributed by atoms with Crippen molar-refractivity contribution in [3.05, 3.63) is 48.0 Å². The van der Waals surface area contributed by atoms with Crippen LogP contribution < -0.4 is 4.74 Å². The Morgan fingerprint density at radius 2 is 2.00 bits per heavy atom. The molecule has 0 amide bonds. The van der Waals surface area contributed by atoms with Crippen molar-refractivity contribution in [3.8, 4) is 11.9 Å². The fraction of sp³-hybridized carbons (Fsp3) is 0.600. The molecule has 3 aromatic rings. The van der Waals surface area contributed by atoms with E-state index in [1.807, 2.05) is 10.6 Å². The highest BCUT2D eigenvalue weighted by Gasteiger charge is 2.57. The van der Waals surface area contributed by atoms with Gasteiger partial charge in [-0.1, -0.05) is 37.3 Å². The van der Waals surface area contributed by atoms with Crippen molar-refractivity contribution < 1.29 is 28.0 Å². The molecule has 3 fully saturated rings. The molecule has 43 heavy (non-hydrogen) atoms. The highest BCUT2D eigenvalue weighted by molar-refractivity contribution is 7.45. The van der Waals surface area contributed by atoms with E-state index in [4.69, 9.17) is 33.3 Å². The second kappa shape index (κ2) is 13.1. The van der Waals surface area contributed by atoms with Crippen molar-refractivity contribution in [3.63, 3.8) is 0 Å². The minimum absolute atomic E-state index is 0.217. The summed E-state index contributed by atoms with van der Waals surface area (Å²) in [6, 6.07) is 12.8. The van der Waals surface area contributed by atoms with Gasteiger partial charge in [-0.15, -0.1) is 0 Å². The second-order valence-electron chi connectivity index (χ2n) is 11.2. The second-order valence-corrected chi connectivity index (χ2v) is 12.5. The first-order chi connectivity index (χ1) is 21.0. The van der Waals surface area contributed by atoms with Crippen molar-refractivity contribution >= 4 is 19.7 Å². The molecule has 5 heterocycles. The van der Waals surface area contributed by atoms with Gasteiger partial charge in [-0.05, 0) is 38.7 Å². The molecule has 0 saturated carbocycles. The Morgan fingerprint density at radius 1 is 1.16 bits per heavy atom. The molecule has 3 aliphatic heterocycles. The average Bonchev–Trinajstić information content (AvgIpc) is 3.79. The van der Waals surface area contributed by atoms with Crippen LogP contribution in [0.2, 0.25) is 0 Å². The highest BCUT2D eigenvalue weighted by atomic mass is 31.2. The van der Waals surface area contributed by atoms with Crippen LogP contribution in [0.4, 0.5) is 0 Å². The molecule has 12 nitrogen and oxygen atoms in total. The summed E-state index contributed by atoms with van der Waals surface area (Å²) >= 11 is 0. The number of aromatic nitrogens is 4. The fourth-order valence-corrected chi connectivity index (χ4v) is 8.44. The van der Waals surface area contributed by atoms with E-state index in [-0.39, 0.29) is 25.2 Å². The van der Waals surface area contributed by atoms with Gasteiger partial charge in [0.15, 0.2) is 17.4 Å². The van der Waals surface area contributed by atoms with Crippen LogP contribution in [0.3, 0.4) is 0 Å². The molecule has 6 rings (SSSR count). The summed E-state index contributed by atoms with van der Waals surface area (Å²) < 4.78 is 42.4. The van der Waals surface area contributed by atoms with Gasteiger partial charge in [0.1, 0.15) is 30.2 Å². The maximum absolute atomic E-state index is 8.95. The SMILES string of the molecule is CC[C@H]1O[C@@H](n2cnc3c(OCCC#N)nc(C)nc32)C(OCCOC)[C@H]1O[P@@]1O[C@](C)(c2ccccc2)[C@@H]2CCCN21. The van der Waals surface area contributed by atoms with Gasteiger partial charge in [0.2, 0.25) is 5.88 Å². The van der Waals surface area contributed by atoms with Crippen molar-refractivity contribution in [2.75, 3.05) is 33.5 Å². The first-order valence-corrected chi connectivity index (χ1v) is 16.1. The van der Waals surface area contributed by atoms with Gasteiger partial charge < -0.3 is 28.0 Å². The van der Waals surface area contributed by atoms with Gasteiger partial charge in [-0.25, -0.2) is 14.6 Å². The number of rotatable bonds is 12. The molecule has 0 spiro atoms. The number of hydrogen-bond donors (Lipinski definition) is 0. The number of methoxy groups -OCH3 is 1. The lowest BCUT2D eigenvalue weighted by Crippen LogP contribution is -2.37. The molecule has 0 radical (unpaired) electrons. The zero-order chi connectivity index (χ0) is 30.0. The minimum atomic E-state index is -1.37. The van der Waals surface area contributed by atoms with E-state index in [0.717, 1.165) is 31.4 Å². The van der Waals surface area contributed by atoms with E-state index in [0.29, 0.717) is 36.1 Å². The number of ether oxygens (including phenoxy) is 4. The van der Waals surface area contributed by atoms with E-state index in [1.165, 1.54) is 0 Å². The summed E-state index contributed by atoms with van der Waals surface area (Å²) in [7, 11) is 0.282. The molecule has 1 aromatic carbocycles. The Hall–Kier alpha value is -2.75. The number of fused-ring (bicyclic) bond motifs is 2. The van der Waals surface area contributed by atoms with Gasteiger partial charge in [0.05, 0.1) is 44.2 Å². The number of aryl methyl sites for hydroxylation is 1. The van der Waals surface area contributed by atoms with Crippen LogP contribution in [0, 0.1) is 18.3 Å². The maximum Gasteiger partial charge on any atom is 0.260 e. The summed E-state index contributed by atoms with van der Waals surface area (Å²) in [4.78, 5) is 13.7. The quantitative estimate of drug-likeness (QED) is 0.208. The Morgan fingerprint density at radius 3 is 2.77 bits per heavy atom. The molecular weight excluding hydrogens is 571 g/mol. The monoisotopic (exact) mass is 610 g/mol. The summed E-state index contributed by atoms with van der Waals surface area (Å²) in [6.45, 7) is 8.02. The smallest absolute Gasteiger partial charge is 0.260 e. The molecule has 0 N–H and O–H groups in total. The van der Waals surface area contributed by atoms with E-state index in [1.54, 1.807) is 20.4 Å². The lowest BCUT2D eigenvalue weighted by molar-refractivity contribution is -0.0751. The van der Waals surface area contributed by atoms with Gasteiger partial charge >= 0.3 is 0 Å². The molecule has 0 bridgehead atoms. The van der Waals surface area contributed by atoms with Crippen molar-refractivity contribution in [2.24, 2.45) is 0 Å². The molecule has 1 unspecified atom stereocenters. The molecule has 230 valence electrons. The standard InChI is InChI=1S/C30H39N6O6P/c1-5-22-25(41-43-36-15-9-13-23(36)30(3,42-43)21-11-7-6-8-12-21)26(38-18-17-37-4)29(40-22)35-19-32-24-27(35)33-20(2)34-28(24)39-16-10-14-31/h6-8,11-12,19,22-23,25-26,29H,5,9-10,13,15-18H2,1-4H3/t22-,23+,25+,26?,29-,30-,43+/m1/s1. The Labute approximate surface area is 253 Å². The Kier molecular flexibility index (Phi) is 9.21. The van der Waals surface area contributed by atoms with Crippen molar-refractivity contribution in [1.82, 2.24) is 24.2 Å². The highest BCUT2D eigenvalue weighted by Crippen LogP contribution is 2.64. The first-order valence-electron chi connectivity index (χ1n) is 14.9. The molecular formula is C30H39N6O6P. The van der Waals surface area contributed by atoms with E-state index in [9.17, 15) is 0 Å². The average molecular weight is 611 g/mol. The fourth-order valence-electron chi connectivity index (χ4n) is 6.29. The molecule has 7 atom stereocenters. The third-order valence-electron chi connectivity index (χ3n) is 8.41. The van der Waals surface area contributed by atoms with Crippen molar-refractivity contribution in [1.29, 1.82) is 5.26 Å². The molecule has 2 aromatic heterocycles. The summed E-state index contributed by atoms with van der Waals surface area (Å²) in [5.74, 6) is 0.869. The Balaban J connectivity index is 1.31. The predicted molar refractivity (Wildman–Crippen MR) is 158 cm³/mol. The summed E-state index contributed by atoms with van der Waals surface area (Å²) in [5.41, 5.74) is 1.77. The van der Waals surface area contributed by atoms with Crippen LogP contribution in [0.5, 0.6) is 5.88 Å². The molecule has 0 aliphatic carbocycles. The summed E-state index contributed by atoms with van der Waals surface area (Å²) in [6.07, 6.45) is 3.12. The number of nitrogens with zero attached hydrogens (tertiary/aromatic N) is 6. The van der Waals surface area contributed by atoms with Crippen LogP contribution in [-0.2, 0) is 28.9 Å². The van der Waals surface area contributed by atoms with Crippen LogP contribution >= 0.6 is 8.53 Å². The van der Waals surface area contributed by atoms with E-state index in [2.05, 4.69) is 63.8 Å². The van der Waals surface area contributed by atoms with Crippen LogP contribution in [-0.4, -0.2) is 82.0 Å². The number of hydrogen-bond acceptors (Lipinski definition) is 11. The van der Waals surface area contributed by atoms with Crippen molar-refractivity contribution in [2.45, 2.75) is 82.6 Å². The van der Waals surface area contributed by atoms with Crippen LogP contribution in [0.1, 0.15) is 57.1 Å². The lowest BCUT2D eigenvalue weighted by atomic mass is 9.87. The Bertz CT molecular complexity index is 1440. The largest absolute Gasteiger partial charge is 0.475 e. The topological polar surface area (TPSA) is 126 Å². The third kappa shape index (κ3) is 5.76. The van der Waals surface area contributed by atoms with Crippen LogP contribution in [0.25, 0.3) is 11.2 Å². The van der Waals surface area contributed by atoms with E-state index < -0.39 is 32.6 Å². The molecule has 3 saturated heterocycles. The van der Waals surface area contributed by atoms with Gasteiger partial charge in [-0.2, -0.15) is 10.2 Å². The molecule has 13 heteroatoms. The normalized spacial score (nSPS) is 30.6. The number of benzene rings is 1. The zero-order valence-corrected chi connectivity index (χ0v) is 26.0. The summed E-state index contributed by atoms with van der Waals surface area (Å²) in [5, 5.41) is 8.95.